The van der Waals surface area contributed by atoms with Crippen LogP contribution in [-0.2, 0) is 11.3 Å². The van der Waals surface area contributed by atoms with Crippen LogP contribution in [0.1, 0.15) is 44.7 Å². The zero-order chi connectivity index (χ0) is 21.0. The van der Waals surface area contributed by atoms with Gasteiger partial charge in [-0.05, 0) is 43.7 Å². The van der Waals surface area contributed by atoms with Crippen LogP contribution in [0.4, 0.5) is 0 Å². The first kappa shape index (κ1) is 20.4. The van der Waals surface area contributed by atoms with Crippen molar-refractivity contribution in [3.63, 3.8) is 0 Å². The van der Waals surface area contributed by atoms with E-state index in [0.717, 1.165) is 11.1 Å². The number of imide groups is 1. The Labute approximate surface area is 169 Å². The number of carbonyl (C=O) groups excluding carboxylic acids is 3. The molecule has 2 aromatic rings. The fourth-order valence-electron chi connectivity index (χ4n) is 3.31. The Morgan fingerprint density at radius 3 is 2.48 bits per heavy atom. The summed E-state index contributed by atoms with van der Waals surface area (Å²) in [5.41, 5.74) is 2.59. The van der Waals surface area contributed by atoms with E-state index >= 15 is 0 Å². The lowest BCUT2D eigenvalue weighted by Crippen LogP contribution is -2.32. The fraction of sp³-hybridized carbons (Fsp3) is 0.318. The van der Waals surface area contributed by atoms with Crippen molar-refractivity contribution in [2.24, 2.45) is 0 Å². The molecule has 0 aliphatic carbocycles. The topological polar surface area (TPSA) is 84.9 Å². The Kier molecular flexibility index (Phi) is 6.16. The van der Waals surface area contributed by atoms with Gasteiger partial charge in [0.25, 0.3) is 11.8 Å². The van der Waals surface area contributed by atoms with E-state index in [2.05, 4.69) is 5.32 Å². The molecule has 3 rings (SSSR count). The van der Waals surface area contributed by atoms with Gasteiger partial charge in [0.05, 0.1) is 25.3 Å². The van der Waals surface area contributed by atoms with Crippen LogP contribution in [0.3, 0.4) is 0 Å². The number of hydrogen-bond donors (Lipinski definition) is 1. The maximum absolute atomic E-state index is 12.5. The molecule has 1 N–H and O–H groups in total. The summed E-state index contributed by atoms with van der Waals surface area (Å²) in [6, 6.07) is 10.6. The molecule has 0 unspecified atom stereocenters. The molecule has 0 bridgehead atoms. The monoisotopic (exact) mass is 396 g/mol. The number of benzene rings is 2. The van der Waals surface area contributed by atoms with Crippen LogP contribution in [-0.4, -0.2) is 43.4 Å². The number of ether oxygens (including phenoxy) is 2. The van der Waals surface area contributed by atoms with Crippen LogP contribution in [0.25, 0.3) is 0 Å². The minimum atomic E-state index is -0.300. The number of methoxy groups -OCH3 is 2. The van der Waals surface area contributed by atoms with E-state index in [9.17, 15) is 14.4 Å². The number of nitrogens with zero attached hydrogens (tertiary/aromatic N) is 1. The lowest BCUT2D eigenvalue weighted by atomic mass is 10.1. The van der Waals surface area contributed by atoms with E-state index in [-0.39, 0.29) is 30.7 Å². The number of nitrogens with one attached hydrogen (secondary N) is 1. The lowest BCUT2D eigenvalue weighted by molar-refractivity contribution is -0.121. The highest BCUT2D eigenvalue weighted by Gasteiger charge is 2.34. The van der Waals surface area contributed by atoms with Gasteiger partial charge in [0.15, 0.2) is 0 Å². The Morgan fingerprint density at radius 2 is 1.76 bits per heavy atom. The van der Waals surface area contributed by atoms with Crippen LogP contribution in [0.5, 0.6) is 11.5 Å². The normalized spacial score (nSPS) is 12.7. The summed E-state index contributed by atoms with van der Waals surface area (Å²) < 4.78 is 10.5. The van der Waals surface area contributed by atoms with Crippen molar-refractivity contribution in [2.75, 3.05) is 20.8 Å². The van der Waals surface area contributed by atoms with Gasteiger partial charge < -0.3 is 14.8 Å². The molecule has 1 aliphatic rings. The molecule has 0 saturated heterocycles. The highest BCUT2D eigenvalue weighted by molar-refractivity contribution is 6.21. The molecule has 29 heavy (non-hydrogen) atoms. The zero-order valence-corrected chi connectivity index (χ0v) is 16.8. The summed E-state index contributed by atoms with van der Waals surface area (Å²) in [6.07, 6.45) is 0.601. The summed E-state index contributed by atoms with van der Waals surface area (Å²) in [4.78, 5) is 38.3. The molecule has 0 spiro atoms. The molecule has 3 amide bonds. The van der Waals surface area contributed by atoms with Gasteiger partial charge in [-0.25, -0.2) is 0 Å². The molecule has 7 nitrogen and oxygen atoms in total. The highest BCUT2D eigenvalue weighted by atomic mass is 16.5. The van der Waals surface area contributed by atoms with Crippen LogP contribution < -0.4 is 14.8 Å². The van der Waals surface area contributed by atoms with Crippen molar-refractivity contribution in [2.45, 2.75) is 26.3 Å². The van der Waals surface area contributed by atoms with Crippen molar-refractivity contribution in [1.82, 2.24) is 10.2 Å². The van der Waals surface area contributed by atoms with Crippen LogP contribution in [0.2, 0.25) is 0 Å². The second kappa shape index (κ2) is 8.77. The van der Waals surface area contributed by atoms with E-state index in [0.29, 0.717) is 35.6 Å². The first-order chi connectivity index (χ1) is 13.9. The maximum Gasteiger partial charge on any atom is 0.261 e. The third-order valence-corrected chi connectivity index (χ3v) is 4.88. The Hall–Kier alpha value is -3.35. The fourth-order valence-corrected chi connectivity index (χ4v) is 3.31. The van der Waals surface area contributed by atoms with E-state index in [4.69, 9.17) is 9.47 Å². The van der Waals surface area contributed by atoms with Crippen molar-refractivity contribution in [3.8, 4) is 11.5 Å². The minimum Gasteiger partial charge on any atom is -0.497 e. The number of aryl methyl sites for hydroxylation is 1. The number of carbonyl (C=O) groups is 3. The zero-order valence-electron chi connectivity index (χ0n) is 16.8. The summed E-state index contributed by atoms with van der Waals surface area (Å²) in [5, 5.41) is 2.83. The quantitative estimate of drug-likeness (QED) is 0.694. The van der Waals surface area contributed by atoms with Gasteiger partial charge in [-0.1, -0.05) is 11.6 Å². The van der Waals surface area contributed by atoms with Gasteiger partial charge in [-0.15, -0.1) is 0 Å². The van der Waals surface area contributed by atoms with Crippen LogP contribution in [0, 0.1) is 6.92 Å². The van der Waals surface area contributed by atoms with Crippen molar-refractivity contribution < 1.29 is 23.9 Å². The van der Waals surface area contributed by atoms with E-state index in [1.54, 1.807) is 44.6 Å². The molecule has 0 fully saturated rings. The standard InChI is InChI=1S/C22H24N2O5/c1-14-6-8-17-18(11-14)22(27)24(21(17)26)10-4-5-20(25)23-13-15-12-16(28-2)7-9-19(15)29-3/h6-9,11-12H,4-5,10,13H2,1-3H3,(H,23,25). The molecule has 2 aromatic carbocycles. The first-order valence-electron chi connectivity index (χ1n) is 9.39. The average molecular weight is 396 g/mol. The van der Waals surface area contributed by atoms with Crippen molar-refractivity contribution in [3.05, 3.63) is 58.7 Å². The third kappa shape index (κ3) is 4.39. The van der Waals surface area contributed by atoms with Crippen molar-refractivity contribution >= 4 is 17.7 Å². The second-order valence-corrected chi connectivity index (χ2v) is 6.87. The molecule has 0 aromatic heterocycles. The van der Waals surface area contributed by atoms with E-state index in [1.807, 2.05) is 13.0 Å². The third-order valence-electron chi connectivity index (χ3n) is 4.88. The van der Waals surface area contributed by atoms with Crippen LogP contribution in [0.15, 0.2) is 36.4 Å². The predicted molar refractivity (Wildman–Crippen MR) is 107 cm³/mol. The molecule has 0 saturated carbocycles. The van der Waals surface area contributed by atoms with Gasteiger partial charge in [-0.2, -0.15) is 0 Å². The first-order valence-corrected chi connectivity index (χ1v) is 9.39. The van der Waals surface area contributed by atoms with E-state index < -0.39 is 0 Å². The number of rotatable bonds is 8. The molecule has 152 valence electrons. The predicted octanol–water partition coefficient (Wildman–Crippen LogP) is 2.70. The molecular formula is C22H24N2O5. The molecule has 1 heterocycles. The van der Waals surface area contributed by atoms with Crippen molar-refractivity contribution in [1.29, 1.82) is 0 Å². The number of amides is 3. The SMILES string of the molecule is COc1ccc(OC)c(CNC(=O)CCCN2C(=O)c3ccc(C)cc3C2=O)c1. The molecular weight excluding hydrogens is 372 g/mol. The number of fused-ring (bicyclic) bond motifs is 1. The summed E-state index contributed by atoms with van der Waals surface area (Å²) in [5.74, 6) is 0.576. The number of hydrogen-bond acceptors (Lipinski definition) is 5. The summed E-state index contributed by atoms with van der Waals surface area (Å²) in [7, 11) is 3.14. The Morgan fingerprint density at radius 1 is 1.00 bits per heavy atom. The molecule has 0 atom stereocenters. The van der Waals surface area contributed by atoms with Gasteiger partial charge in [-0.3, -0.25) is 19.3 Å². The average Bonchev–Trinajstić information content (AvgIpc) is 2.96. The highest BCUT2D eigenvalue weighted by Crippen LogP contribution is 2.25. The Balaban J connectivity index is 1.51. The summed E-state index contributed by atoms with van der Waals surface area (Å²) in [6.45, 7) is 2.38. The molecule has 1 aliphatic heterocycles. The Bertz CT molecular complexity index is 954. The maximum atomic E-state index is 12.5. The van der Waals surface area contributed by atoms with Gasteiger partial charge in [0.2, 0.25) is 5.91 Å². The van der Waals surface area contributed by atoms with Gasteiger partial charge >= 0.3 is 0 Å². The second-order valence-electron chi connectivity index (χ2n) is 6.87. The van der Waals surface area contributed by atoms with Gasteiger partial charge in [0, 0.05) is 25.1 Å². The molecule has 7 heteroatoms. The van der Waals surface area contributed by atoms with E-state index in [1.165, 1.54) is 4.90 Å². The lowest BCUT2D eigenvalue weighted by Gasteiger charge is -2.14. The minimum absolute atomic E-state index is 0.165. The van der Waals surface area contributed by atoms with Crippen LogP contribution >= 0.6 is 0 Å². The summed E-state index contributed by atoms with van der Waals surface area (Å²) >= 11 is 0. The smallest absolute Gasteiger partial charge is 0.261 e. The largest absolute Gasteiger partial charge is 0.497 e. The molecule has 0 radical (unpaired) electrons. The van der Waals surface area contributed by atoms with Gasteiger partial charge in [0.1, 0.15) is 11.5 Å².